The predicted molar refractivity (Wildman–Crippen MR) is 126 cm³/mol. The SMILES string of the molecule is CCCNC(=O)C[C@@H]1CC[C@H]2[C@@H](COc3ccc(NC(=O)c4cccs4)cc3C(=O)N2C)O1. The minimum absolute atomic E-state index is 0.0148. The number of amides is 3. The minimum Gasteiger partial charge on any atom is -0.490 e. The van der Waals surface area contributed by atoms with Crippen molar-refractivity contribution in [2.45, 2.75) is 50.9 Å². The molecule has 3 heterocycles. The molecule has 1 aromatic carbocycles. The minimum atomic E-state index is -0.317. The number of fused-ring (bicyclic) bond motifs is 2. The van der Waals surface area contributed by atoms with E-state index in [1.54, 1.807) is 36.2 Å². The number of hydrogen-bond donors (Lipinski definition) is 2. The fourth-order valence-electron chi connectivity index (χ4n) is 4.25. The van der Waals surface area contributed by atoms with Crippen molar-refractivity contribution in [3.63, 3.8) is 0 Å². The highest BCUT2D eigenvalue weighted by molar-refractivity contribution is 7.12. The molecule has 0 aliphatic carbocycles. The van der Waals surface area contributed by atoms with E-state index in [0.717, 1.165) is 12.8 Å². The number of nitrogens with zero attached hydrogens (tertiary/aromatic N) is 1. The number of nitrogens with one attached hydrogen (secondary N) is 2. The predicted octanol–water partition coefficient (Wildman–Crippen LogP) is 3.30. The van der Waals surface area contributed by atoms with Crippen LogP contribution in [0.2, 0.25) is 0 Å². The maximum absolute atomic E-state index is 13.3. The molecule has 0 unspecified atom stereocenters. The average molecular weight is 472 g/mol. The number of carbonyl (C=O) groups excluding carboxylic acids is 3. The molecule has 2 N–H and O–H groups in total. The van der Waals surface area contributed by atoms with Gasteiger partial charge >= 0.3 is 0 Å². The van der Waals surface area contributed by atoms with Gasteiger partial charge in [0.2, 0.25) is 5.91 Å². The summed E-state index contributed by atoms with van der Waals surface area (Å²) in [6.45, 7) is 2.95. The summed E-state index contributed by atoms with van der Waals surface area (Å²) < 4.78 is 12.2. The highest BCUT2D eigenvalue weighted by atomic mass is 32.1. The highest BCUT2D eigenvalue weighted by Gasteiger charge is 2.39. The van der Waals surface area contributed by atoms with Gasteiger partial charge in [0.1, 0.15) is 18.5 Å². The van der Waals surface area contributed by atoms with Crippen molar-refractivity contribution in [1.29, 1.82) is 0 Å². The fourth-order valence-corrected chi connectivity index (χ4v) is 4.87. The Hall–Kier alpha value is -2.91. The molecule has 3 amide bonds. The van der Waals surface area contributed by atoms with Crippen molar-refractivity contribution >= 4 is 34.7 Å². The average Bonchev–Trinajstić information content (AvgIpc) is 3.36. The molecule has 3 atom stereocenters. The van der Waals surface area contributed by atoms with E-state index in [2.05, 4.69) is 10.6 Å². The lowest BCUT2D eigenvalue weighted by atomic mass is 9.94. The van der Waals surface area contributed by atoms with Gasteiger partial charge in [0.15, 0.2) is 0 Å². The van der Waals surface area contributed by atoms with Gasteiger partial charge in [0.25, 0.3) is 11.8 Å². The standard InChI is InChI=1S/C24H29N3O5S/c1-3-10-25-22(28)13-16-7-8-18-20(32-16)14-31-19-9-6-15(12-17(19)24(30)27(18)2)26-23(29)21-5-4-11-33-21/h4-6,9,11-12,16,18,20H,3,7-8,10,13-14H2,1-2H3,(H,25,28)(H,26,29)/t16-,18-,20+/m0/s1. The number of anilines is 1. The zero-order valence-corrected chi connectivity index (χ0v) is 19.7. The third-order valence-corrected chi connectivity index (χ3v) is 6.87. The van der Waals surface area contributed by atoms with Gasteiger partial charge in [0.05, 0.1) is 29.0 Å². The second kappa shape index (κ2) is 10.4. The summed E-state index contributed by atoms with van der Waals surface area (Å²) in [5.41, 5.74) is 0.939. The van der Waals surface area contributed by atoms with Gasteiger partial charge < -0.3 is 25.0 Å². The first-order valence-electron chi connectivity index (χ1n) is 11.3. The van der Waals surface area contributed by atoms with E-state index >= 15 is 0 Å². The monoisotopic (exact) mass is 471 g/mol. The Morgan fingerprint density at radius 3 is 2.85 bits per heavy atom. The van der Waals surface area contributed by atoms with E-state index in [1.807, 2.05) is 18.4 Å². The van der Waals surface area contributed by atoms with Gasteiger partial charge in [-0.3, -0.25) is 14.4 Å². The van der Waals surface area contributed by atoms with Gasteiger partial charge in [-0.05, 0) is 48.9 Å². The van der Waals surface area contributed by atoms with E-state index in [0.29, 0.717) is 41.3 Å². The Bertz CT molecular complexity index is 1010. The molecule has 0 bridgehead atoms. The fraction of sp³-hybridized carbons (Fsp3) is 0.458. The largest absolute Gasteiger partial charge is 0.490 e. The molecule has 9 heteroatoms. The number of carbonyl (C=O) groups is 3. The third kappa shape index (κ3) is 5.36. The summed E-state index contributed by atoms with van der Waals surface area (Å²) in [7, 11) is 1.77. The van der Waals surface area contributed by atoms with Crippen molar-refractivity contribution in [2.75, 3.05) is 25.5 Å². The van der Waals surface area contributed by atoms with E-state index in [-0.39, 0.29) is 42.6 Å². The van der Waals surface area contributed by atoms with Gasteiger partial charge in [-0.2, -0.15) is 0 Å². The van der Waals surface area contributed by atoms with E-state index in [4.69, 9.17) is 9.47 Å². The molecule has 1 saturated heterocycles. The van der Waals surface area contributed by atoms with Crippen LogP contribution < -0.4 is 15.4 Å². The summed E-state index contributed by atoms with van der Waals surface area (Å²) in [5, 5.41) is 7.57. The zero-order chi connectivity index (χ0) is 23.4. The zero-order valence-electron chi connectivity index (χ0n) is 18.8. The molecule has 176 valence electrons. The van der Waals surface area contributed by atoms with Gasteiger partial charge in [0, 0.05) is 19.3 Å². The number of hydrogen-bond acceptors (Lipinski definition) is 6. The lowest BCUT2D eigenvalue weighted by Crippen LogP contribution is -2.54. The molecule has 2 aliphatic heterocycles. The molecule has 2 aromatic rings. The van der Waals surface area contributed by atoms with Crippen LogP contribution in [0.25, 0.3) is 0 Å². The number of ether oxygens (including phenoxy) is 2. The molecular weight excluding hydrogens is 442 g/mol. The van der Waals surface area contributed by atoms with Crippen molar-refractivity contribution in [3.8, 4) is 5.75 Å². The quantitative estimate of drug-likeness (QED) is 0.674. The number of rotatable bonds is 6. The van der Waals surface area contributed by atoms with Crippen molar-refractivity contribution in [2.24, 2.45) is 0 Å². The molecular formula is C24H29N3O5S. The maximum Gasteiger partial charge on any atom is 0.265 e. The lowest BCUT2D eigenvalue weighted by Gasteiger charge is -2.42. The Kier molecular flexibility index (Phi) is 7.29. The van der Waals surface area contributed by atoms with Gasteiger partial charge in [-0.25, -0.2) is 0 Å². The van der Waals surface area contributed by atoms with E-state index < -0.39 is 0 Å². The van der Waals surface area contributed by atoms with Crippen LogP contribution in [0.15, 0.2) is 35.7 Å². The summed E-state index contributed by atoms with van der Waals surface area (Å²) in [5.74, 6) is 0.0340. The Morgan fingerprint density at radius 1 is 1.24 bits per heavy atom. The normalized spacial score (nSPS) is 22.3. The smallest absolute Gasteiger partial charge is 0.265 e. The Labute approximate surface area is 197 Å². The number of likely N-dealkylation sites (N-methyl/N-ethyl adjacent to an activating group) is 1. The van der Waals surface area contributed by atoms with Crippen LogP contribution in [0.1, 0.15) is 52.6 Å². The third-order valence-electron chi connectivity index (χ3n) is 6.00. The first-order valence-corrected chi connectivity index (χ1v) is 12.1. The molecule has 8 nitrogen and oxygen atoms in total. The second-order valence-corrected chi connectivity index (χ2v) is 9.31. The van der Waals surface area contributed by atoms with Crippen LogP contribution in [-0.4, -0.2) is 61.1 Å². The Morgan fingerprint density at radius 2 is 2.09 bits per heavy atom. The van der Waals surface area contributed by atoms with Crippen molar-refractivity contribution in [1.82, 2.24) is 10.2 Å². The molecule has 0 radical (unpaired) electrons. The maximum atomic E-state index is 13.3. The first-order chi connectivity index (χ1) is 16.0. The summed E-state index contributed by atoms with van der Waals surface area (Å²) in [6.07, 6.45) is 2.12. The van der Waals surface area contributed by atoms with Crippen LogP contribution in [0.3, 0.4) is 0 Å². The summed E-state index contributed by atoms with van der Waals surface area (Å²) in [6, 6.07) is 8.50. The molecule has 4 rings (SSSR count). The van der Waals surface area contributed by atoms with E-state index in [9.17, 15) is 14.4 Å². The van der Waals surface area contributed by atoms with Gasteiger partial charge in [-0.1, -0.05) is 13.0 Å². The highest BCUT2D eigenvalue weighted by Crippen LogP contribution is 2.32. The number of benzene rings is 1. The summed E-state index contributed by atoms with van der Waals surface area (Å²) in [4.78, 5) is 40.1. The van der Waals surface area contributed by atoms with Gasteiger partial charge in [-0.15, -0.1) is 11.3 Å². The summed E-state index contributed by atoms with van der Waals surface area (Å²) >= 11 is 1.36. The van der Waals surface area contributed by atoms with Crippen LogP contribution in [0.5, 0.6) is 5.75 Å². The van der Waals surface area contributed by atoms with Crippen molar-refractivity contribution < 1.29 is 23.9 Å². The molecule has 1 fully saturated rings. The Balaban J connectivity index is 1.46. The molecule has 0 spiro atoms. The number of thiophene rings is 1. The van der Waals surface area contributed by atoms with Crippen LogP contribution in [-0.2, 0) is 9.53 Å². The van der Waals surface area contributed by atoms with Crippen LogP contribution in [0, 0.1) is 0 Å². The molecule has 33 heavy (non-hydrogen) atoms. The second-order valence-electron chi connectivity index (χ2n) is 8.36. The van der Waals surface area contributed by atoms with Crippen LogP contribution in [0.4, 0.5) is 5.69 Å². The molecule has 1 aromatic heterocycles. The lowest BCUT2D eigenvalue weighted by molar-refractivity contribution is -0.134. The van der Waals surface area contributed by atoms with Crippen molar-refractivity contribution in [3.05, 3.63) is 46.2 Å². The molecule has 0 saturated carbocycles. The molecule has 2 aliphatic rings. The topological polar surface area (TPSA) is 97.0 Å². The van der Waals surface area contributed by atoms with Crippen LogP contribution >= 0.6 is 11.3 Å². The first kappa shape index (κ1) is 23.3. The van der Waals surface area contributed by atoms with E-state index in [1.165, 1.54) is 11.3 Å².